The van der Waals surface area contributed by atoms with Crippen LogP contribution in [0.1, 0.15) is 48.0 Å². The smallest absolute Gasteiger partial charge is 0.408 e. The SMILES string of the molecule is CC(C)(C)OC(=O)N[C@@H](CCS(C)(=O)=O)C(=O)OC(C)(C)C. The third-order valence-corrected chi connectivity index (χ3v) is 3.14. The van der Waals surface area contributed by atoms with Gasteiger partial charge in [-0.2, -0.15) is 0 Å². The Morgan fingerprint density at radius 2 is 1.45 bits per heavy atom. The van der Waals surface area contributed by atoms with Gasteiger partial charge >= 0.3 is 12.1 Å². The van der Waals surface area contributed by atoms with E-state index in [9.17, 15) is 18.0 Å². The van der Waals surface area contributed by atoms with E-state index in [-0.39, 0.29) is 12.2 Å². The van der Waals surface area contributed by atoms with Crippen LogP contribution in [0.4, 0.5) is 4.79 Å². The van der Waals surface area contributed by atoms with Crippen molar-refractivity contribution in [2.75, 3.05) is 12.0 Å². The first kappa shape index (κ1) is 20.7. The zero-order valence-electron chi connectivity index (χ0n) is 14.3. The molecule has 0 rings (SSSR count). The first-order chi connectivity index (χ1) is 9.59. The van der Waals surface area contributed by atoms with Crippen molar-refractivity contribution in [1.82, 2.24) is 5.32 Å². The van der Waals surface area contributed by atoms with E-state index < -0.39 is 39.1 Å². The molecule has 0 bridgehead atoms. The summed E-state index contributed by atoms with van der Waals surface area (Å²) >= 11 is 0. The average Bonchev–Trinajstić information content (AvgIpc) is 2.17. The molecule has 0 fully saturated rings. The lowest BCUT2D eigenvalue weighted by atomic mass is 10.1. The number of esters is 1. The number of sulfone groups is 1. The minimum Gasteiger partial charge on any atom is -0.458 e. The second-order valence-corrected chi connectivity index (χ2v) is 9.41. The molecule has 0 aliphatic heterocycles. The van der Waals surface area contributed by atoms with Crippen LogP contribution in [0.25, 0.3) is 0 Å². The predicted molar refractivity (Wildman–Crippen MR) is 83.3 cm³/mol. The maximum atomic E-state index is 12.1. The monoisotopic (exact) mass is 337 g/mol. The molecule has 1 amide bonds. The Labute approximate surface area is 132 Å². The minimum absolute atomic E-state index is 0.0764. The lowest BCUT2D eigenvalue weighted by Crippen LogP contribution is -2.46. The maximum Gasteiger partial charge on any atom is 0.408 e. The van der Waals surface area contributed by atoms with Gasteiger partial charge in [0.05, 0.1) is 5.75 Å². The van der Waals surface area contributed by atoms with Gasteiger partial charge in [0, 0.05) is 6.26 Å². The van der Waals surface area contributed by atoms with E-state index in [0.29, 0.717) is 0 Å². The number of alkyl carbamates (subject to hydrolysis) is 1. The molecule has 0 aromatic heterocycles. The quantitative estimate of drug-likeness (QED) is 0.766. The molecule has 0 saturated heterocycles. The summed E-state index contributed by atoms with van der Waals surface area (Å²) in [6.07, 6.45) is 0.191. The first-order valence-corrected chi connectivity index (χ1v) is 9.05. The third-order valence-electron chi connectivity index (χ3n) is 2.16. The third kappa shape index (κ3) is 11.4. The molecular formula is C14H27NO6S. The van der Waals surface area contributed by atoms with Gasteiger partial charge in [-0.3, -0.25) is 0 Å². The molecule has 0 aliphatic carbocycles. The van der Waals surface area contributed by atoms with Crippen LogP contribution in [0, 0.1) is 0 Å². The van der Waals surface area contributed by atoms with E-state index in [2.05, 4.69) is 5.32 Å². The molecule has 0 heterocycles. The van der Waals surface area contributed by atoms with Crippen molar-refractivity contribution >= 4 is 21.9 Å². The number of ether oxygens (including phenoxy) is 2. The summed E-state index contributed by atoms with van der Waals surface area (Å²) in [5.41, 5.74) is -1.46. The second kappa shape index (κ2) is 7.30. The lowest BCUT2D eigenvalue weighted by molar-refractivity contribution is -0.157. The molecule has 1 N–H and O–H groups in total. The molecule has 0 radical (unpaired) electrons. The van der Waals surface area contributed by atoms with Crippen LogP contribution in [0.2, 0.25) is 0 Å². The van der Waals surface area contributed by atoms with Crippen molar-refractivity contribution in [1.29, 1.82) is 0 Å². The number of carbonyl (C=O) groups is 2. The van der Waals surface area contributed by atoms with Crippen LogP contribution in [0.15, 0.2) is 0 Å². The molecule has 0 aromatic rings. The molecule has 1 atom stereocenters. The van der Waals surface area contributed by atoms with E-state index in [0.717, 1.165) is 6.26 Å². The van der Waals surface area contributed by atoms with Gasteiger partial charge in [-0.25, -0.2) is 18.0 Å². The molecule has 0 aromatic carbocycles. The van der Waals surface area contributed by atoms with Crippen molar-refractivity contribution in [3.8, 4) is 0 Å². The topological polar surface area (TPSA) is 98.8 Å². The molecule has 0 aliphatic rings. The Kier molecular flexibility index (Phi) is 6.87. The molecule has 0 unspecified atom stereocenters. The standard InChI is InChI=1S/C14H27NO6S/c1-13(2,3)20-11(16)10(8-9-22(7,18)19)15-12(17)21-14(4,5)6/h10H,8-9H2,1-7H3,(H,15,17)/t10-/m0/s1. The van der Waals surface area contributed by atoms with Crippen LogP contribution >= 0.6 is 0 Å². The highest BCUT2D eigenvalue weighted by Crippen LogP contribution is 2.12. The molecule has 7 nitrogen and oxygen atoms in total. The van der Waals surface area contributed by atoms with Gasteiger partial charge < -0.3 is 14.8 Å². The van der Waals surface area contributed by atoms with E-state index in [1.165, 1.54) is 0 Å². The molecule has 8 heteroatoms. The first-order valence-electron chi connectivity index (χ1n) is 6.99. The van der Waals surface area contributed by atoms with Gasteiger partial charge in [0.1, 0.15) is 27.1 Å². The number of amides is 1. The number of rotatable bonds is 5. The normalized spacial score (nSPS) is 14.1. The Balaban J connectivity index is 4.93. The average molecular weight is 337 g/mol. The fourth-order valence-electron chi connectivity index (χ4n) is 1.40. The molecule has 22 heavy (non-hydrogen) atoms. The van der Waals surface area contributed by atoms with Crippen LogP contribution in [0.5, 0.6) is 0 Å². The molecule has 130 valence electrons. The highest BCUT2D eigenvalue weighted by atomic mass is 32.2. The van der Waals surface area contributed by atoms with Crippen LogP contribution < -0.4 is 5.32 Å². The summed E-state index contributed by atoms with van der Waals surface area (Å²) in [6.45, 7) is 10.1. The van der Waals surface area contributed by atoms with Crippen molar-refractivity contribution in [3.63, 3.8) is 0 Å². The number of hydrogen-bond acceptors (Lipinski definition) is 6. The predicted octanol–water partition coefficient (Wildman–Crippen LogP) is 1.66. The van der Waals surface area contributed by atoms with Gasteiger partial charge in [0.15, 0.2) is 0 Å². The molecular weight excluding hydrogens is 310 g/mol. The van der Waals surface area contributed by atoms with Crippen molar-refractivity contribution in [3.05, 3.63) is 0 Å². The zero-order valence-corrected chi connectivity index (χ0v) is 15.2. The Hall–Kier alpha value is -1.31. The summed E-state index contributed by atoms with van der Waals surface area (Å²) in [4.78, 5) is 23.9. The van der Waals surface area contributed by atoms with Gasteiger partial charge in [-0.15, -0.1) is 0 Å². The van der Waals surface area contributed by atoms with E-state index in [1.807, 2.05) is 0 Å². The molecule has 0 saturated carbocycles. The van der Waals surface area contributed by atoms with Gasteiger partial charge in [0.2, 0.25) is 0 Å². The van der Waals surface area contributed by atoms with Crippen LogP contribution in [0.3, 0.4) is 0 Å². The van der Waals surface area contributed by atoms with Gasteiger partial charge in [-0.1, -0.05) is 0 Å². The summed E-state index contributed by atoms with van der Waals surface area (Å²) < 4.78 is 32.8. The largest absolute Gasteiger partial charge is 0.458 e. The highest BCUT2D eigenvalue weighted by molar-refractivity contribution is 7.90. The Bertz CT molecular complexity index is 498. The summed E-state index contributed by atoms with van der Waals surface area (Å²) in [5.74, 6) is -0.936. The zero-order chi connectivity index (χ0) is 17.8. The maximum absolute atomic E-state index is 12.1. The van der Waals surface area contributed by atoms with E-state index in [4.69, 9.17) is 9.47 Å². The fourth-order valence-corrected chi connectivity index (χ4v) is 2.07. The number of hydrogen-bond donors (Lipinski definition) is 1. The van der Waals surface area contributed by atoms with E-state index >= 15 is 0 Å². The van der Waals surface area contributed by atoms with Crippen LogP contribution in [-0.2, 0) is 24.1 Å². The summed E-state index contributed by atoms with van der Waals surface area (Å²) in [5, 5.41) is 2.37. The van der Waals surface area contributed by atoms with E-state index in [1.54, 1.807) is 41.5 Å². The molecule has 0 spiro atoms. The highest BCUT2D eigenvalue weighted by Gasteiger charge is 2.29. The van der Waals surface area contributed by atoms with Gasteiger partial charge in [0.25, 0.3) is 0 Å². The summed E-state index contributed by atoms with van der Waals surface area (Å²) in [6, 6.07) is -1.08. The van der Waals surface area contributed by atoms with Crippen molar-refractivity contribution < 1.29 is 27.5 Å². The van der Waals surface area contributed by atoms with Crippen molar-refractivity contribution in [2.45, 2.75) is 65.2 Å². The summed E-state index contributed by atoms with van der Waals surface area (Å²) in [7, 11) is -3.27. The Morgan fingerprint density at radius 3 is 1.82 bits per heavy atom. The van der Waals surface area contributed by atoms with Crippen molar-refractivity contribution in [2.24, 2.45) is 0 Å². The number of nitrogens with one attached hydrogen (secondary N) is 1. The van der Waals surface area contributed by atoms with Gasteiger partial charge in [-0.05, 0) is 48.0 Å². The van der Waals surface area contributed by atoms with Crippen LogP contribution in [-0.4, -0.2) is 49.7 Å². The number of carbonyl (C=O) groups excluding carboxylic acids is 2. The fraction of sp³-hybridized carbons (Fsp3) is 0.857. The minimum atomic E-state index is -3.27. The Morgan fingerprint density at radius 1 is 1.00 bits per heavy atom. The lowest BCUT2D eigenvalue weighted by Gasteiger charge is -2.26. The second-order valence-electron chi connectivity index (χ2n) is 7.15.